The summed E-state index contributed by atoms with van der Waals surface area (Å²) in [5, 5.41) is 5.16. The summed E-state index contributed by atoms with van der Waals surface area (Å²) in [4.78, 5) is 24.6. The van der Waals surface area contributed by atoms with E-state index >= 15 is 0 Å². The van der Waals surface area contributed by atoms with Gasteiger partial charge in [0, 0.05) is 34.2 Å². The molecule has 0 bridgehead atoms. The van der Waals surface area contributed by atoms with Gasteiger partial charge in [0.15, 0.2) is 0 Å². The molecule has 1 fully saturated rings. The molecule has 1 aliphatic heterocycles. The van der Waals surface area contributed by atoms with Gasteiger partial charge in [0.1, 0.15) is 10.9 Å². The molecule has 1 atom stereocenters. The first-order valence-electron chi connectivity index (χ1n) is 9.97. The average Bonchev–Trinajstić information content (AvgIpc) is 2.73. The van der Waals surface area contributed by atoms with Gasteiger partial charge in [0.2, 0.25) is 5.91 Å². The molecule has 1 N–H and O–H groups in total. The highest BCUT2D eigenvalue weighted by molar-refractivity contribution is 8.00. The zero-order valence-electron chi connectivity index (χ0n) is 17.0. The van der Waals surface area contributed by atoms with Gasteiger partial charge in [-0.05, 0) is 31.2 Å². The number of ether oxygens (including phenoxy) is 1. The molecule has 162 valence electrons. The molecule has 9 heteroatoms. The number of rotatable bonds is 6. The van der Waals surface area contributed by atoms with Gasteiger partial charge in [0.05, 0.1) is 30.5 Å². The van der Waals surface area contributed by atoms with Crippen LogP contribution in [0.5, 0.6) is 0 Å². The van der Waals surface area contributed by atoms with Gasteiger partial charge in [-0.25, -0.2) is 9.97 Å². The SMILES string of the molecule is CC(Sc1nc(CN2CCOCC2)nc2ccccc12)C(=O)Nc1cc(Cl)cc(Cl)c1. The first kappa shape index (κ1) is 22.3. The number of halogens is 2. The minimum Gasteiger partial charge on any atom is -0.379 e. The lowest BCUT2D eigenvalue weighted by Crippen LogP contribution is -2.36. The van der Waals surface area contributed by atoms with Crippen molar-refractivity contribution < 1.29 is 9.53 Å². The Bertz CT molecular complexity index is 1070. The highest BCUT2D eigenvalue weighted by Crippen LogP contribution is 2.30. The minimum atomic E-state index is -0.382. The van der Waals surface area contributed by atoms with E-state index in [1.807, 2.05) is 31.2 Å². The second-order valence-electron chi connectivity index (χ2n) is 7.26. The van der Waals surface area contributed by atoms with E-state index in [0.29, 0.717) is 22.3 Å². The lowest BCUT2D eigenvalue weighted by Gasteiger charge is -2.26. The molecule has 1 aromatic heterocycles. The molecule has 0 aliphatic carbocycles. The van der Waals surface area contributed by atoms with Crippen LogP contribution in [0.3, 0.4) is 0 Å². The number of fused-ring (bicyclic) bond motifs is 1. The molecule has 3 aromatic rings. The number of nitrogens with one attached hydrogen (secondary N) is 1. The van der Waals surface area contributed by atoms with Crippen LogP contribution >= 0.6 is 35.0 Å². The number of carbonyl (C=O) groups is 1. The standard InChI is InChI=1S/C22H22Cl2N4O2S/c1-14(21(29)25-17-11-15(23)10-16(24)12-17)31-22-18-4-2-3-5-19(18)26-20(27-22)13-28-6-8-30-9-7-28/h2-5,10-12,14H,6-9,13H2,1H3,(H,25,29). The van der Waals surface area contributed by atoms with E-state index in [0.717, 1.165) is 48.1 Å². The second kappa shape index (κ2) is 10.1. The predicted octanol–water partition coefficient (Wildman–Crippen LogP) is 4.89. The Balaban J connectivity index is 1.53. The molecule has 31 heavy (non-hydrogen) atoms. The largest absolute Gasteiger partial charge is 0.379 e. The number of benzene rings is 2. The molecule has 1 amide bonds. The van der Waals surface area contributed by atoms with Gasteiger partial charge in [-0.1, -0.05) is 53.2 Å². The lowest BCUT2D eigenvalue weighted by molar-refractivity contribution is -0.115. The number of carbonyl (C=O) groups excluding carboxylic acids is 1. The average molecular weight is 477 g/mol. The highest BCUT2D eigenvalue weighted by Gasteiger charge is 2.20. The topological polar surface area (TPSA) is 67.3 Å². The van der Waals surface area contributed by atoms with Crippen molar-refractivity contribution in [1.82, 2.24) is 14.9 Å². The molecule has 4 rings (SSSR count). The van der Waals surface area contributed by atoms with Crippen molar-refractivity contribution in [3.63, 3.8) is 0 Å². The second-order valence-corrected chi connectivity index (χ2v) is 9.46. The Kier molecular flexibility index (Phi) is 7.30. The maximum Gasteiger partial charge on any atom is 0.237 e. The fourth-order valence-electron chi connectivity index (χ4n) is 3.30. The smallest absolute Gasteiger partial charge is 0.237 e. The van der Waals surface area contributed by atoms with Crippen LogP contribution < -0.4 is 5.32 Å². The molecule has 2 heterocycles. The Morgan fingerprint density at radius 2 is 1.87 bits per heavy atom. The molecular weight excluding hydrogens is 455 g/mol. The van der Waals surface area contributed by atoms with Crippen LogP contribution in [0.2, 0.25) is 10.0 Å². The molecule has 2 aromatic carbocycles. The fourth-order valence-corrected chi connectivity index (χ4v) is 4.79. The number of para-hydroxylation sites is 1. The Labute approximate surface area is 195 Å². The molecule has 1 unspecified atom stereocenters. The maximum atomic E-state index is 12.8. The summed E-state index contributed by atoms with van der Waals surface area (Å²) in [5.41, 5.74) is 1.44. The van der Waals surface area contributed by atoms with Crippen LogP contribution in [-0.4, -0.2) is 52.3 Å². The van der Waals surface area contributed by atoms with Gasteiger partial charge in [-0.3, -0.25) is 9.69 Å². The molecule has 1 saturated heterocycles. The summed E-state index contributed by atoms with van der Waals surface area (Å²) in [6.45, 7) is 5.67. The maximum absolute atomic E-state index is 12.8. The van der Waals surface area contributed by atoms with E-state index in [1.54, 1.807) is 18.2 Å². The van der Waals surface area contributed by atoms with Crippen molar-refractivity contribution in [1.29, 1.82) is 0 Å². The van der Waals surface area contributed by atoms with E-state index in [4.69, 9.17) is 37.9 Å². The van der Waals surface area contributed by atoms with Crippen molar-refractivity contribution in [2.75, 3.05) is 31.6 Å². The Morgan fingerprint density at radius 3 is 2.61 bits per heavy atom. The van der Waals surface area contributed by atoms with Crippen LogP contribution in [0.4, 0.5) is 5.69 Å². The minimum absolute atomic E-state index is 0.152. The first-order chi connectivity index (χ1) is 15.0. The summed E-state index contributed by atoms with van der Waals surface area (Å²) < 4.78 is 5.43. The molecule has 0 saturated carbocycles. The molecule has 6 nitrogen and oxygen atoms in total. The zero-order valence-corrected chi connectivity index (χ0v) is 19.3. The van der Waals surface area contributed by atoms with Crippen molar-refractivity contribution in [3.8, 4) is 0 Å². The van der Waals surface area contributed by atoms with E-state index in [2.05, 4.69) is 10.2 Å². The van der Waals surface area contributed by atoms with Gasteiger partial charge >= 0.3 is 0 Å². The molecule has 1 aliphatic rings. The quantitative estimate of drug-likeness (QED) is 0.403. The number of aromatic nitrogens is 2. The number of nitrogens with zero attached hydrogens (tertiary/aromatic N) is 3. The number of hydrogen-bond acceptors (Lipinski definition) is 6. The Morgan fingerprint density at radius 1 is 1.16 bits per heavy atom. The fraction of sp³-hybridized carbons (Fsp3) is 0.318. The van der Waals surface area contributed by atoms with Gasteiger partial charge in [-0.15, -0.1) is 0 Å². The third kappa shape index (κ3) is 5.87. The normalized spacial score (nSPS) is 15.7. The van der Waals surface area contributed by atoms with Crippen LogP contribution in [-0.2, 0) is 16.1 Å². The van der Waals surface area contributed by atoms with Crippen LogP contribution in [0.1, 0.15) is 12.7 Å². The summed E-state index contributed by atoms with van der Waals surface area (Å²) in [5.74, 6) is 0.595. The number of amides is 1. The van der Waals surface area contributed by atoms with Crippen molar-refractivity contribution in [2.45, 2.75) is 23.7 Å². The lowest BCUT2D eigenvalue weighted by atomic mass is 10.2. The van der Waals surface area contributed by atoms with Crippen molar-refractivity contribution in [2.24, 2.45) is 0 Å². The molecule has 0 spiro atoms. The van der Waals surface area contributed by atoms with E-state index in [1.165, 1.54) is 11.8 Å². The Hall–Kier alpha value is -1.90. The first-order valence-corrected chi connectivity index (χ1v) is 11.6. The van der Waals surface area contributed by atoms with Crippen molar-refractivity contribution >= 4 is 57.5 Å². The number of anilines is 1. The monoisotopic (exact) mass is 476 g/mol. The summed E-state index contributed by atoms with van der Waals surface area (Å²) in [7, 11) is 0. The summed E-state index contributed by atoms with van der Waals surface area (Å²) >= 11 is 13.5. The van der Waals surface area contributed by atoms with Crippen molar-refractivity contribution in [3.05, 3.63) is 58.3 Å². The highest BCUT2D eigenvalue weighted by atomic mass is 35.5. The van der Waals surface area contributed by atoms with Crippen LogP contribution in [0, 0.1) is 0 Å². The predicted molar refractivity (Wildman–Crippen MR) is 126 cm³/mol. The third-order valence-electron chi connectivity index (χ3n) is 4.87. The number of hydrogen-bond donors (Lipinski definition) is 1. The zero-order chi connectivity index (χ0) is 21.8. The summed E-state index contributed by atoms with van der Waals surface area (Å²) in [6.07, 6.45) is 0. The summed E-state index contributed by atoms with van der Waals surface area (Å²) in [6, 6.07) is 12.8. The van der Waals surface area contributed by atoms with Gasteiger partial charge in [0.25, 0.3) is 0 Å². The van der Waals surface area contributed by atoms with E-state index in [9.17, 15) is 4.79 Å². The van der Waals surface area contributed by atoms with Gasteiger partial charge < -0.3 is 10.1 Å². The van der Waals surface area contributed by atoms with Crippen LogP contribution in [0.15, 0.2) is 47.5 Å². The number of morpholine rings is 1. The molecular formula is C22H22Cl2N4O2S. The third-order valence-corrected chi connectivity index (χ3v) is 6.41. The molecule has 0 radical (unpaired) electrons. The van der Waals surface area contributed by atoms with E-state index in [-0.39, 0.29) is 11.2 Å². The van der Waals surface area contributed by atoms with E-state index < -0.39 is 0 Å². The van der Waals surface area contributed by atoms with Crippen LogP contribution in [0.25, 0.3) is 10.9 Å². The van der Waals surface area contributed by atoms with Gasteiger partial charge in [-0.2, -0.15) is 0 Å². The number of thioether (sulfide) groups is 1.